The first-order chi connectivity index (χ1) is 10.1. The van der Waals surface area contributed by atoms with Gasteiger partial charge in [-0.2, -0.15) is 0 Å². The van der Waals surface area contributed by atoms with Crippen LogP contribution in [0.1, 0.15) is 15.4 Å². The molecule has 3 aromatic rings. The first-order valence-electron chi connectivity index (χ1n) is 6.59. The van der Waals surface area contributed by atoms with E-state index in [1.807, 2.05) is 24.3 Å². The minimum atomic E-state index is -0.202. The van der Waals surface area contributed by atoms with Gasteiger partial charge >= 0.3 is 0 Å². The quantitative estimate of drug-likeness (QED) is 0.590. The molecular weight excluding hydrogens is 349 g/mol. The highest BCUT2D eigenvalue weighted by Gasteiger charge is 2.12. The zero-order valence-corrected chi connectivity index (χ0v) is 13.8. The van der Waals surface area contributed by atoms with Crippen LogP contribution in [0.2, 0.25) is 0 Å². The molecule has 0 atom stereocenters. The lowest BCUT2D eigenvalue weighted by Crippen LogP contribution is -1.89. The van der Waals surface area contributed by atoms with Crippen LogP contribution in [0.5, 0.6) is 0 Å². The fraction of sp³-hybridized carbons (Fsp3) is 0.118. The van der Waals surface area contributed by atoms with E-state index < -0.39 is 0 Å². The summed E-state index contributed by atoms with van der Waals surface area (Å²) in [5.41, 5.74) is 3.04. The maximum absolute atomic E-state index is 13.2. The molecule has 0 aliphatic carbocycles. The second-order valence-electron chi connectivity index (χ2n) is 4.80. The molecule has 0 saturated heterocycles. The Morgan fingerprint density at radius 1 is 1.14 bits per heavy atom. The van der Waals surface area contributed by atoms with Gasteiger partial charge in [-0.1, -0.05) is 46.3 Å². The smallest absolute Gasteiger partial charge is 0.123 e. The van der Waals surface area contributed by atoms with Gasteiger partial charge in [0, 0.05) is 21.3 Å². The number of aromatic nitrogens is 1. The summed E-state index contributed by atoms with van der Waals surface area (Å²) < 4.78 is 14.3. The largest absolute Gasteiger partial charge is 0.241 e. The molecule has 4 heteroatoms. The molecule has 0 radical (unpaired) electrons. The number of hydrogen-bond acceptors (Lipinski definition) is 2. The van der Waals surface area contributed by atoms with Crippen molar-refractivity contribution in [2.45, 2.75) is 13.3 Å². The number of nitrogens with zero attached hydrogens (tertiary/aromatic N) is 1. The van der Waals surface area contributed by atoms with Gasteiger partial charge in [0.2, 0.25) is 0 Å². The van der Waals surface area contributed by atoms with Crippen molar-refractivity contribution in [2.75, 3.05) is 0 Å². The zero-order valence-electron chi connectivity index (χ0n) is 11.4. The summed E-state index contributed by atoms with van der Waals surface area (Å²) in [4.78, 5) is 5.91. The highest BCUT2D eigenvalue weighted by molar-refractivity contribution is 9.10. The van der Waals surface area contributed by atoms with Crippen LogP contribution in [0, 0.1) is 12.7 Å². The SMILES string of the molecule is Cc1sc(Cc2cccc(F)c2)nc1-c1ccccc1Br. The number of aryl methyl sites for hydroxylation is 1. The van der Waals surface area contributed by atoms with Crippen molar-refractivity contribution in [1.82, 2.24) is 4.98 Å². The number of benzene rings is 2. The first-order valence-corrected chi connectivity index (χ1v) is 8.20. The predicted octanol–water partition coefficient (Wildman–Crippen LogP) is 5.61. The molecule has 0 aliphatic heterocycles. The molecule has 106 valence electrons. The van der Waals surface area contributed by atoms with Crippen molar-refractivity contribution >= 4 is 27.3 Å². The Kier molecular flexibility index (Phi) is 4.17. The van der Waals surface area contributed by atoms with Crippen LogP contribution < -0.4 is 0 Å². The van der Waals surface area contributed by atoms with Gasteiger partial charge in [-0.25, -0.2) is 9.37 Å². The lowest BCUT2D eigenvalue weighted by Gasteiger charge is -2.01. The third-order valence-corrected chi connectivity index (χ3v) is 4.88. The molecule has 0 amide bonds. The molecule has 0 saturated carbocycles. The van der Waals surface area contributed by atoms with Crippen molar-refractivity contribution in [2.24, 2.45) is 0 Å². The average Bonchev–Trinajstić information content (AvgIpc) is 2.80. The van der Waals surface area contributed by atoms with Crippen LogP contribution in [0.3, 0.4) is 0 Å². The van der Waals surface area contributed by atoms with Crippen LogP contribution >= 0.6 is 27.3 Å². The fourth-order valence-corrected chi connectivity index (χ4v) is 3.71. The Labute approximate surface area is 135 Å². The predicted molar refractivity (Wildman–Crippen MR) is 89.2 cm³/mol. The van der Waals surface area contributed by atoms with E-state index in [0.717, 1.165) is 26.3 Å². The van der Waals surface area contributed by atoms with Crippen molar-refractivity contribution in [3.05, 3.63) is 74.3 Å². The van der Waals surface area contributed by atoms with Crippen LogP contribution in [-0.4, -0.2) is 4.98 Å². The van der Waals surface area contributed by atoms with Gasteiger partial charge in [-0.3, -0.25) is 0 Å². The molecule has 2 aromatic carbocycles. The fourth-order valence-electron chi connectivity index (χ4n) is 2.25. The maximum Gasteiger partial charge on any atom is 0.123 e. The van der Waals surface area contributed by atoms with Gasteiger partial charge in [0.15, 0.2) is 0 Å². The molecule has 1 aromatic heterocycles. The molecule has 0 fully saturated rings. The van der Waals surface area contributed by atoms with E-state index in [-0.39, 0.29) is 5.82 Å². The second kappa shape index (κ2) is 6.08. The van der Waals surface area contributed by atoms with Gasteiger partial charge in [-0.05, 0) is 30.7 Å². The third kappa shape index (κ3) is 3.22. The number of hydrogen-bond donors (Lipinski definition) is 0. The summed E-state index contributed by atoms with van der Waals surface area (Å²) >= 11 is 5.23. The Balaban J connectivity index is 1.93. The normalized spacial score (nSPS) is 10.8. The molecule has 21 heavy (non-hydrogen) atoms. The minimum Gasteiger partial charge on any atom is -0.241 e. The summed E-state index contributed by atoms with van der Waals surface area (Å²) in [7, 11) is 0. The van der Waals surface area contributed by atoms with Gasteiger partial charge in [0.1, 0.15) is 5.82 Å². The van der Waals surface area contributed by atoms with E-state index in [0.29, 0.717) is 6.42 Å². The van der Waals surface area contributed by atoms with Gasteiger partial charge in [-0.15, -0.1) is 11.3 Å². The van der Waals surface area contributed by atoms with Gasteiger partial charge in [0.05, 0.1) is 10.7 Å². The van der Waals surface area contributed by atoms with Crippen LogP contribution in [0.4, 0.5) is 4.39 Å². The van der Waals surface area contributed by atoms with Gasteiger partial charge < -0.3 is 0 Å². The van der Waals surface area contributed by atoms with E-state index in [9.17, 15) is 4.39 Å². The van der Waals surface area contributed by atoms with Crippen molar-refractivity contribution in [1.29, 1.82) is 0 Å². The molecule has 0 N–H and O–H groups in total. The molecule has 0 spiro atoms. The maximum atomic E-state index is 13.2. The lowest BCUT2D eigenvalue weighted by molar-refractivity contribution is 0.626. The second-order valence-corrected chi connectivity index (χ2v) is 6.94. The number of rotatable bonds is 3. The van der Waals surface area contributed by atoms with E-state index in [2.05, 4.69) is 28.9 Å². The Hall–Kier alpha value is -1.52. The highest BCUT2D eigenvalue weighted by Crippen LogP contribution is 2.33. The molecule has 0 unspecified atom stereocenters. The summed E-state index contributed by atoms with van der Waals surface area (Å²) in [6.07, 6.45) is 0.660. The first kappa shape index (κ1) is 14.4. The average molecular weight is 362 g/mol. The topological polar surface area (TPSA) is 12.9 Å². The summed E-state index contributed by atoms with van der Waals surface area (Å²) in [5, 5.41) is 1.00. The molecule has 1 heterocycles. The van der Waals surface area contributed by atoms with Crippen molar-refractivity contribution in [3.63, 3.8) is 0 Å². The monoisotopic (exact) mass is 361 g/mol. The van der Waals surface area contributed by atoms with E-state index in [4.69, 9.17) is 4.98 Å². The van der Waals surface area contributed by atoms with Crippen molar-refractivity contribution < 1.29 is 4.39 Å². The van der Waals surface area contributed by atoms with E-state index in [1.54, 1.807) is 23.5 Å². The summed E-state index contributed by atoms with van der Waals surface area (Å²) in [6, 6.07) is 14.8. The molecular formula is C17H13BrFNS. The van der Waals surface area contributed by atoms with E-state index >= 15 is 0 Å². The molecule has 0 aliphatic rings. The number of halogens is 2. The highest BCUT2D eigenvalue weighted by atomic mass is 79.9. The molecule has 1 nitrogen and oxygen atoms in total. The number of thiazole rings is 1. The summed E-state index contributed by atoms with van der Waals surface area (Å²) in [5.74, 6) is -0.202. The Morgan fingerprint density at radius 2 is 1.95 bits per heavy atom. The van der Waals surface area contributed by atoms with Crippen molar-refractivity contribution in [3.8, 4) is 11.3 Å². The van der Waals surface area contributed by atoms with Crippen LogP contribution in [-0.2, 0) is 6.42 Å². The summed E-state index contributed by atoms with van der Waals surface area (Å²) in [6.45, 7) is 2.07. The third-order valence-electron chi connectivity index (χ3n) is 3.21. The Morgan fingerprint density at radius 3 is 2.71 bits per heavy atom. The standard InChI is InChI=1S/C17H13BrFNS/c1-11-17(14-7-2-3-8-15(14)18)20-16(21-11)10-12-5-4-6-13(19)9-12/h2-9H,10H2,1H3. The molecule has 3 rings (SSSR count). The van der Waals surface area contributed by atoms with Crippen LogP contribution in [0.15, 0.2) is 53.0 Å². The van der Waals surface area contributed by atoms with Gasteiger partial charge in [0.25, 0.3) is 0 Å². The van der Waals surface area contributed by atoms with E-state index in [1.165, 1.54) is 10.9 Å². The van der Waals surface area contributed by atoms with Crippen LogP contribution in [0.25, 0.3) is 11.3 Å². The zero-order chi connectivity index (χ0) is 14.8. The molecule has 0 bridgehead atoms. The Bertz CT molecular complexity index is 782. The minimum absolute atomic E-state index is 0.202. The lowest BCUT2D eigenvalue weighted by atomic mass is 10.1.